The summed E-state index contributed by atoms with van der Waals surface area (Å²) in [5.41, 5.74) is 2.65. The second kappa shape index (κ2) is 7.32. The fourth-order valence-electron chi connectivity index (χ4n) is 3.83. The van der Waals surface area contributed by atoms with E-state index in [1.807, 2.05) is 41.0 Å². The molecule has 0 spiro atoms. The fourth-order valence-corrected chi connectivity index (χ4v) is 4.76. The first kappa shape index (κ1) is 17.4. The van der Waals surface area contributed by atoms with E-state index in [0.29, 0.717) is 19.6 Å². The van der Waals surface area contributed by atoms with Crippen LogP contribution in [0.1, 0.15) is 22.5 Å². The molecule has 1 aromatic heterocycles. The largest absolute Gasteiger partial charge is 0.358 e. The molecule has 2 amide bonds. The van der Waals surface area contributed by atoms with Crippen molar-refractivity contribution < 1.29 is 9.59 Å². The molecule has 4 rings (SSSR count). The topological polar surface area (TPSA) is 68.4 Å². The SMILES string of the molecule is Cc1[nH]c2ccccc2c1C(=O)N1CCCN(C(=O)C2CSCN2)CC1. The van der Waals surface area contributed by atoms with Crippen molar-refractivity contribution in [3.63, 3.8) is 0 Å². The molecule has 0 saturated carbocycles. The van der Waals surface area contributed by atoms with E-state index in [2.05, 4.69) is 10.3 Å². The fraction of sp³-hybridized carbons (Fsp3) is 0.474. The quantitative estimate of drug-likeness (QED) is 0.844. The van der Waals surface area contributed by atoms with Crippen molar-refractivity contribution in [3.05, 3.63) is 35.5 Å². The Hall–Kier alpha value is -1.99. The summed E-state index contributed by atoms with van der Waals surface area (Å²) >= 11 is 1.76. The lowest BCUT2D eigenvalue weighted by Gasteiger charge is -2.24. The molecule has 26 heavy (non-hydrogen) atoms. The maximum absolute atomic E-state index is 13.2. The molecule has 2 fully saturated rings. The minimum absolute atomic E-state index is 0.0591. The average molecular weight is 372 g/mol. The van der Waals surface area contributed by atoms with Crippen LogP contribution in [0, 0.1) is 6.92 Å². The van der Waals surface area contributed by atoms with Crippen molar-refractivity contribution in [3.8, 4) is 0 Å². The number of fused-ring (bicyclic) bond motifs is 1. The molecule has 7 heteroatoms. The number of para-hydroxylation sites is 1. The van der Waals surface area contributed by atoms with Gasteiger partial charge in [-0.25, -0.2) is 0 Å². The van der Waals surface area contributed by atoms with Crippen molar-refractivity contribution in [1.29, 1.82) is 0 Å². The molecule has 2 saturated heterocycles. The van der Waals surface area contributed by atoms with Crippen molar-refractivity contribution >= 4 is 34.5 Å². The highest BCUT2D eigenvalue weighted by molar-refractivity contribution is 7.99. The second-order valence-corrected chi connectivity index (χ2v) is 7.94. The molecular formula is C19H24N4O2S. The number of amides is 2. The summed E-state index contributed by atoms with van der Waals surface area (Å²) < 4.78 is 0. The molecule has 1 atom stereocenters. The van der Waals surface area contributed by atoms with Gasteiger partial charge in [-0.05, 0) is 19.4 Å². The molecule has 3 heterocycles. The first-order valence-corrected chi connectivity index (χ1v) is 10.3. The minimum atomic E-state index is -0.0712. The van der Waals surface area contributed by atoms with Crippen LogP contribution >= 0.6 is 11.8 Å². The molecule has 6 nitrogen and oxygen atoms in total. The van der Waals surface area contributed by atoms with Gasteiger partial charge >= 0.3 is 0 Å². The molecule has 0 aliphatic carbocycles. The van der Waals surface area contributed by atoms with E-state index in [0.717, 1.165) is 46.8 Å². The number of carbonyl (C=O) groups is 2. The lowest BCUT2D eigenvalue weighted by molar-refractivity contribution is -0.132. The summed E-state index contributed by atoms with van der Waals surface area (Å²) in [5, 5.41) is 4.22. The van der Waals surface area contributed by atoms with Crippen molar-refractivity contribution in [2.75, 3.05) is 37.8 Å². The number of nitrogens with zero attached hydrogens (tertiary/aromatic N) is 2. The van der Waals surface area contributed by atoms with Crippen LogP contribution in [0.15, 0.2) is 24.3 Å². The third-order valence-electron chi connectivity index (χ3n) is 5.22. The number of H-pyrrole nitrogens is 1. The van der Waals surface area contributed by atoms with Gasteiger partial charge in [0.25, 0.3) is 5.91 Å². The highest BCUT2D eigenvalue weighted by Crippen LogP contribution is 2.24. The van der Waals surface area contributed by atoms with Crippen LogP contribution in [0.5, 0.6) is 0 Å². The number of thioether (sulfide) groups is 1. The number of nitrogens with one attached hydrogen (secondary N) is 2. The minimum Gasteiger partial charge on any atom is -0.358 e. The van der Waals surface area contributed by atoms with Gasteiger partial charge in [0.15, 0.2) is 0 Å². The van der Waals surface area contributed by atoms with Gasteiger partial charge < -0.3 is 14.8 Å². The van der Waals surface area contributed by atoms with Crippen LogP contribution in [-0.4, -0.2) is 70.4 Å². The van der Waals surface area contributed by atoms with Crippen LogP contribution in [0.3, 0.4) is 0 Å². The molecule has 2 aliphatic rings. The molecule has 138 valence electrons. The van der Waals surface area contributed by atoms with Crippen molar-refractivity contribution in [2.45, 2.75) is 19.4 Å². The molecule has 2 aliphatic heterocycles. The van der Waals surface area contributed by atoms with E-state index in [-0.39, 0.29) is 17.9 Å². The molecule has 1 unspecified atom stereocenters. The third kappa shape index (κ3) is 3.21. The van der Waals surface area contributed by atoms with Gasteiger partial charge in [0.05, 0.1) is 11.6 Å². The number of aromatic amines is 1. The predicted octanol–water partition coefficient (Wildman–Crippen LogP) is 1.81. The number of aryl methyl sites for hydroxylation is 1. The van der Waals surface area contributed by atoms with Crippen LogP contribution in [0.25, 0.3) is 10.9 Å². The maximum Gasteiger partial charge on any atom is 0.256 e. The van der Waals surface area contributed by atoms with Crippen molar-refractivity contribution in [2.24, 2.45) is 0 Å². The summed E-state index contributed by atoms with van der Waals surface area (Å²) in [6, 6.07) is 7.84. The Balaban J connectivity index is 1.49. The summed E-state index contributed by atoms with van der Waals surface area (Å²) in [4.78, 5) is 32.9. The molecule has 0 bridgehead atoms. The number of hydrogen-bond donors (Lipinski definition) is 2. The zero-order chi connectivity index (χ0) is 18.1. The van der Waals surface area contributed by atoms with Crippen LogP contribution in [-0.2, 0) is 4.79 Å². The Bertz CT molecular complexity index is 828. The Morgan fingerprint density at radius 1 is 1.12 bits per heavy atom. The third-order valence-corrected chi connectivity index (χ3v) is 6.16. The van der Waals surface area contributed by atoms with Crippen molar-refractivity contribution in [1.82, 2.24) is 20.1 Å². The molecule has 0 radical (unpaired) electrons. The van der Waals surface area contributed by atoms with Crippen LogP contribution < -0.4 is 5.32 Å². The smallest absolute Gasteiger partial charge is 0.256 e. The van der Waals surface area contributed by atoms with E-state index in [9.17, 15) is 9.59 Å². The summed E-state index contributed by atoms with van der Waals surface area (Å²) in [5.74, 6) is 1.91. The number of rotatable bonds is 2. The van der Waals surface area contributed by atoms with Gasteiger partial charge in [-0.15, -0.1) is 11.8 Å². The zero-order valence-corrected chi connectivity index (χ0v) is 15.8. The van der Waals surface area contributed by atoms with Gasteiger partial charge in [0, 0.05) is 54.4 Å². The normalized spacial score (nSPS) is 21.2. The lowest BCUT2D eigenvalue weighted by atomic mass is 10.1. The van der Waals surface area contributed by atoms with E-state index in [4.69, 9.17) is 0 Å². The van der Waals surface area contributed by atoms with Gasteiger partial charge in [0.2, 0.25) is 5.91 Å². The molecule has 2 aromatic rings. The highest BCUT2D eigenvalue weighted by atomic mass is 32.2. The Kier molecular flexibility index (Phi) is 4.91. The number of carbonyl (C=O) groups excluding carboxylic acids is 2. The van der Waals surface area contributed by atoms with Gasteiger partial charge in [-0.1, -0.05) is 18.2 Å². The zero-order valence-electron chi connectivity index (χ0n) is 15.0. The second-order valence-electron chi connectivity index (χ2n) is 6.91. The monoisotopic (exact) mass is 372 g/mol. The van der Waals surface area contributed by atoms with Gasteiger partial charge in [-0.3, -0.25) is 14.9 Å². The maximum atomic E-state index is 13.2. The summed E-state index contributed by atoms with van der Waals surface area (Å²) in [6.07, 6.45) is 0.818. The van der Waals surface area contributed by atoms with Crippen LogP contribution in [0.2, 0.25) is 0 Å². The number of aromatic nitrogens is 1. The van der Waals surface area contributed by atoms with E-state index < -0.39 is 0 Å². The Morgan fingerprint density at radius 3 is 2.69 bits per heavy atom. The van der Waals surface area contributed by atoms with Gasteiger partial charge in [0.1, 0.15) is 0 Å². The standard InChI is InChI=1S/C19H24N4O2S/c1-13-17(14-5-2-3-6-15(14)21-13)19(25)23-8-4-7-22(9-10-23)18(24)16-11-26-12-20-16/h2-3,5-6,16,20-21H,4,7-12H2,1H3. The number of hydrogen-bond acceptors (Lipinski definition) is 4. The predicted molar refractivity (Wildman–Crippen MR) is 104 cm³/mol. The lowest BCUT2D eigenvalue weighted by Crippen LogP contribution is -2.46. The first-order valence-electron chi connectivity index (χ1n) is 9.11. The molecule has 2 N–H and O–H groups in total. The molecular weight excluding hydrogens is 348 g/mol. The number of benzene rings is 1. The Morgan fingerprint density at radius 2 is 1.88 bits per heavy atom. The van der Waals surface area contributed by atoms with E-state index >= 15 is 0 Å². The first-order chi connectivity index (χ1) is 12.6. The van der Waals surface area contributed by atoms with E-state index in [1.165, 1.54) is 0 Å². The average Bonchev–Trinajstić information content (AvgIpc) is 3.21. The van der Waals surface area contributed by atoms with E-state index in [1.54, 1.807) is 11.8 Å². The molecule has 1 aromatic carbocycles. The van der Waals surface area contributed by atoms with Crippen LogP contribution in [0.4, 0.5) is 0 Å². The Labute approximate surface area is 157 Å². The van der Waals surface area contributed by atoms with Gasteiger partial charge in [-0.2, -0.15) is 0 Å². The summed E-state index contributed by atoms with van der Waals surface area (Å²) in [7, 11) is 0. The highest BCUT2D eigenvalue weighted by Gasteiger charge is 2.30. The summed E-state index contributed by atoms with van der Waals surface area (Å²) in [6.45, 7) is 4.55.